The molecular formula is C16H14N8OS. The molecule has 2 aromatic carbocycles. The number of anilines is 2. The lowest BCUT2D eigenvalue weighted by Gasteiger charge is -2.08. The molecule has 4 aromatic rings. The number of carbonyl (C=O) groups is 1. The Bertz CT molecular complexity index is 1040. The summed E-state index contributed by atoms with van der Waals surface area (Å²) in [6.07, 6.45) is 0. The van der Waals surface area contributed by atoms with E-state index in [0.717, 1.165) is 15.8 Å². The Morgan fingerprint density at radius 3 is 2.85 bits per heavy atom. The van der Waals surface area contributed by atoms with Crippen LogP contribution in [0.25, 0.3) is 21.6 Å². The molecule has 10 heteroatoms. The van der Waals surface area contributed by atoms with E-state index in [9.17, 15) is 4.79 Å². The number of benzene rings is 2. The van der Waals surface area contributed by atoms with Crippen LogP contribution in [0.3, 0.4) is 0 Å². The highest BCUT2D eigenvalue weighted by Crippen LogP contribution is 2.24. The zero-order chi connectivity index (χ0) is 17.9. The first kappa shape index (κ1) is 16.0. The van der Waals surface area contributed by atoms with Gasteiger partial charge in [-0.15, -0.1) is 5.10 Å². The molecule has 2 amide bonds. The van der Waals surface area contributed by atoms with Gasteiger partial charge in [0, 0.05) is 18.3 Å². The molecule has 0 saturated carbocycles. The summed E-state index contributed by atoms with van der Waals surface area (Å²) in [5.41, 5.74) is 7.69. The monoisotopic (exact) mass is 366 g/mol. The number of aromatic nitrogens is 5. The molecule has 26 heavy (non-hydrogen) atoms. The number of nitrogens with one attached hydrogen (secondary N) is 3. The zero-order valence-electron chi connectivity index (χ0n) is 13.7. The number of hydrazine groups is 1. The molecule has 2 aromatic heterocycles. The van der Waals surface area contributed by atoms with Crippen molar-refractivity contribution in [1.82, 2.24) is 30.6 Å². The van der Waals surface area contributed by atoms with Crippen molar-refractivity contribution in [1.29, 1.82) is 0 Å². The van der Waals surface area contributed by atoms with Crippen LogP contribution >= 0.6 is 11.3 Å². The van der Waals surface area contributed by atoms with Crippen LogP contribution < -0.4 is 16.2 Å². The summed E-state index contributed by atoms with van der Waals surface area (Å²) < 4.78 is 2.61. The van der Waals surface area contributed by atoms with Gasteiger partial charge < -0.3 is 5.32 Å². The first-order valence-corrected chi connectivity index (χ1v) is 8.52. The number of thiazole rings is 1. The highest BCUT2D eigenvalue weighted by atomic mass is 32.1. The van der Waals surface area contributed by atoms with Gasteiger partial charge in [0.2, 0.25) is 5.13 Å². The summed E-state index contributed by atoms with van der Waals surface area (Å²) in [7, 11) is 1.75. The number of rotatable bonds is 4. The van der Waals surface area contributed by atoms with Gasteiger partial charge in [-0.2, -0.15) is 0 Å². The molecule has 4 rings (SSSR count). The second-order valence-electron chi connectivity index (χ2n) is 5.40. The number of nitrogens with zero attached hydrogens (tertiary/aromatic N) is 5. The van der Waals surface area contributed by atoms with Gasteiger partial charge >= 0.3 is 6.03 Å². The summed E-state index contributed by atoms with van der Waals surface area (Å²) in [6.45, 7) is 0. The fourth-order valence-electron chi connectivity index (χ4n) is 2.41. The van der Waals surface area contributed by atoms with Gasteiger partial charge in [0.05, 0.1) is 10.2 Å². The molecule has 0 unspecified atom stereocenters. The standard InChI is InChI=1S/C16H14N8OS/c1-24-14(19-22-23-24)10-5-4-6-11(9-10)17-15(25)20-21-16-18-12-7-2-3-8-13(12)26-16/h2-9H,1H3,(H,18,21)(H2,17,20,25). The summed E-state index contributed by atoms with van der Waals surface area (Å²) in [5, 5.41) is 14.7. The van der Waals surface area contributed by atoms with E-state index in [2.05, 4.69) is 36.7 Å². The highest BCUT2D eigenvalue weighted by molar-refractivity contribution is 7.22. The van der Waals surface area contributed by atoms with E-state index in [4.69, 9.17) is 0 Å². The number of urea groups is 1. The lowest BCUT2D eigenvalue weighted by atomic mass is 10.2. The largest absolute Gasteiger partial charge is 0.337 e. The summed E-state index contributed by atoms with van der Waals surface area (Å²) >= 11 is 1.46. The van der Waals surface area contributed by atoms with Crippen molar-refractivity contribution >= 4 is 38.4 Å². The van der Waals surface area contributed by atoms with E-state index in [1.807, 2.05) is 36.4 Å². The number of hydrogen-bond acceptors (Lipinski definition) is 7. The highest BCUT2D eigenvalue weighted by Gasteiger charge is 2.08. The molecule has 3 N–H and O–H groups in total. The molecule has 0 radical (unpaired) electrons. The van der Waals surface area contributed by atoms with Gasteiger partial charge in [-0.05, 0) is 34.7 Å². The third kappa shape index (κ3) is 3.30. The van der Waals surface area contributed by atoms with Crippen molar-refractivity contribution in [3.8, 4) is 11.4 Å². The topological polar surface area (TPSA) is 110 Å². The van der Waals surface area contributed by atoms with Crippen LogP contribution in [-0.2, 0) is 7.05 Å². The average molecular weight is 366 g/mol. The molecule has 0 spiro atoms. The minimum atomic E-state index is -0.405. The van der Waals surface area contributed by atoms with E-state index in [0.29, 0.717) is 16.6 Å². The molecule has 0 aliphatic rings. The fraction of sp³-hybridized carbons (Fsp3) is 0.0625. The van der Waals surface area contributed by atoms with Gasteiger partial charge in [0.15, 0.2) is 5.82 Å². The van der Waals surface area contributed by atoms with Gasteiger partial charge in [-0.3, -0.25) is 5.43 Å². The van der Waals surface area contributed by atoms with E-state index in [1.54, 1.807) is 23.9 Å². The van der Waals surface area contributed by atoms with Crippen LogP contribution in [0.1, 0.15) is 0 Å². The second kappa shape index (κ2) is 6.76. The minimum Gasteiger partial charge on any atom is -0.307 e. The molecule has 0 atom stereocenters. The molecule has 2 heterocycles. The van der Waals surface area contributed by atoms with Crippen molar-refractivity contribution in [2.45, 2.75) is 0 Å². The maximum atomic E-state index is 12.1. The predicted molar refractivity (Wildman–Crippen MR) is 99.6 cm³/mol. The van der Waals surface area contributed by atoms with Crippen LogP contribution in [0.15, 0.2) is 48.5 Å². The van der Waals surface area contributed by atoms with Crippen molar-refractivity contribution < 1.29 is 4.79 Å². The minimum absolute atomic E-state index is 0.405. The maximum absolute atomic E-state index is 12.1. The predicted octanol–water partition coefficient (Wildman–Crippen LogP) is 2.64. The number of amides is 2. The second-order valence-corrected chi connectivity index (χ2v) is 6.43. The molecule has 0 saturated heterocycles. The third-order valence-corrected chi connectivity index (χ3v) is 4.53. The summed E-state index contributed by atoms with van der Waals surface area (Å²) in [4.78, 5) is 16.5. The van der Waals surface area contributed by atoms with E-state index in [1.165, 1.54) is 11.3 Å². The SMILES string of the molecule is Cn1nnnc1-c1cccc(NC(=O)NNc2nc3ccccc3s2)c1. The Labute approximate surface area is 152 Å². The third-order valence-electron chi connectivity index (χ3n) is 3.58. The van der Waals surface area contributed by atoms with Crippen molar-refractivity contribution in [3.63, 3.8) is 0 Å². The number of carbonyl (C=O) groups excluding carboxylic acids is 1. The van der Waals surface area contributed by atoms with Crippen LogP contribution in [0.5, 0.6) is 0 Å². The van der Waals surface area contributed by atoms with Crippen molar-refractivity contribution in [2.24, 2.45) is 7.05 Å². The number of tetrazole rings is 1. The Balaban J connectivity index is 1.41. The number of aryl methyl sites for hydroxylation is 1. The van der Waals surface area contributed by atoms with Crippen molar-refractivity contribution in [3.05, 3.63) is 48.5 Å². The summed E-state index contributed by atoms with van der Waals surface area (Å²) in [5.74, 6) is 0.613. The van der Waals surface area contributed by atoms with Gasteiger partial charge in [-0.1, -0.05) is 35.6 Å². The van der Waals surface area contributed by atoms with Crippen LogP contribution in [0.2, 0.25) is 0 Å². The Morgan fingerprint density at radius 2 is 2.04 bits per heavy atom. The van der Waals surface area contributed by atoms with Gasteiger partial charge in [0.1, 0.15) is 0 Å². The molecule has 0 aliphatic carbocycles. The lowest BCUT2D eigenvalue weighted by molar-refractivity contribution is 0.254. The van der Waals surface area contributed by atoms with Crippen molar-refractivity contribution in [2.75, 3.05) is 10.7 Å². The average Bonchev–Trinajstić information content (AvgIpc) is 3.25. The quantitative estimate of drug-likeness (QED) is 0.479. The molecule has 130 valence electrons. The van der Waals surface area contributed by atoms with Gasteiger partial charge in [-0.25, -0.2) is 19.9 Å². The first-order valence-electron chi connectivity index (χ1n) is 7.70. The number of fused-ring (bicyclic) bond motifs is 1. The van der Waals surface area contributed by atoms with Gasteiger partial charge in [0.25, 0.3) is 0 Å². The molecule has 0 aliphatic heterocycles. The van der Waals surface area contributed by atoms with Crippen LogP contribution in [0.4, 0.5) is 15.6 Å². The fourth-order valence-corrected chi connectivity index (χ4v) is 3.23. The number of hydrogen-bond donors (Lipinski definition) is 3. The van der Waals surface area contributed by atoms with E-state index < -0.39 is 6.03 Å². The smallest absolute Gasteiger partial charge is 0.307 e. The summed E-state index contributed by atoms with van der Waals surface area (Å²) in [6, 6.07) is 14.6. The Kier molecular flexibility index (Phi) is 4.15. The number of para-hydroxylation sites is 1. The normalized spacial score (nSPS) is 10.7. The lowest BCUT2D eigenvalue weighted by Crippen LogP contribution is -2.33. The Hall–Kier alpha value is -3.53. The Morgan fingerprint density at radius 1 is 1.15 bits per heavy atom. The van der Waals surface area contributed by atoms with Crippen LogP contribution in [0, 0.1) is 0 Å². The van der Waals surface area contributed by atoms with E-state index >= 15 is 0 Å². The maximum Gasteiger partial charge on any atom is 0.337 e. The molecule has 0 bridgehead atoms. The molecule has 0 fully saturated rings. The van der Waals surface area contributed by atoms with E-state index in [-0.39, 0.29) is 0 Å². The zero-order valence-corrected chi connectivity index (χ0v) is 14.5. The molecule has 9 nitrogen and oxygen atoms in total. The molecular weight excluding hydrogens is 352 g/mol. The van der Waals surface area contributed by atoms with Crippen LogP contribution in [-0.4, -0.2) is 31.2 Å². The first-order chi connectivity index (χ1) is 12.7.